The largest absolute Gasteiger partial charge is 0.508 e. The summed E-state index contributed by atoms with van der Waals surface area (Å²) in [6.45, 7) is 6.56. The van der Waals surface area contributed by atoms with Crippen LogP contribution in [0.1, 0.15) is 47.8 Å². The van der Waals surface area contributed by atoms with Crippen molar-refractivity contribution in [3.05, 3.63) is 76.9 Å². The van der Waals surface area contributed by atoms with Gasteiger partial charge in [-0.05, 0) is 49.4 Å². The summed E-state index contributed by atoms with van der Waals surface area (Å²) in [4.78, 5) is 53.4. The molecule has 0 saturated carbocycles. The fourth-order valence-corrected chi connectivity index (χ4v) is 4.61. The van der Waals surface area contributed by atoms with E-state index in [9.17, 15) is 29.4 Å². The third kappa shape index (κ3) is 7.26. The lowest BCUT2D eigenvalue weighted by molar-refractivity contribution is -0.140. The van der Waals surface area contributed by atoms with Gasteiger partial charge < -0.3 is 30.5 Å². The minimum atomic E-state index is -1.28. The van der Waals surface area contributed by atoms with Gasteiger partial charge in [0, 0.05) is 23.7 Å². The number of aliphatic hydroxyl groups excluding tert-OH is 1. The summed E-state index contributed by atoms with van der Waals surface area (Å²) in [6, 6.07) is 9.36. The van der Waals surface area contributed by atoms with Crippen molar-refractivity contribution in [2.75, 3.05) is 13.2 Å². The summed E-state index contributed by atoms with van der Waals surface area (Å²) in [7, 11) is 0. The number of hydrogen-bond donors (Lipinski definition) is 4. The molecular weight excluding hydrogens is 514 g/mol. The second-order valence-corrected chi connectivity index (χ2v) is 10.0. The van der Waals surface area contributed by atoms with Crippen molar-refractivity contribution in [1.82, 2.24) is 15.5 Å². The SMILES string of the molecule is CCOC(=O)/C=C/[C@@H]1Cc2ccccc2CN1C(=O)[C@H](CO)NC(=O)[C@@H](NC(=O)c1cccc(O)c1C)C(C)C. The Hall–Kier alpha value is -4.18. The Balaban J connectivity index is 1.80. The van der Waals surface area contributed by atoms with Gasteiger partial charge in [0.2, 0.25) is 11.8 Å². The van der Waals surface area contributed by atoms with Crippen molar-refractivity contribution in [2.24, 2.45) is 5.92 Å². The number of aromatic hydroxyl groups is 1. The Bertz CT molecular complexity index is 1270. The van der Waals surface area contributed by atoms with E-state index in [2.05, 4.69) is 10.6 Å². The third-order valence-corrected chi connectivity index (χ3v) is 6.90. The molecule has 2 aromatic rings. The van der Waals surface area contributed by atoms with E-state index >= 15 is 0 Å². The van der Waals surface area contributed by atoms with E-state index in [0.717, 1.165) is 11.1 Å². The number of hydrogen-bond acceptors (Lipinski definition) is 7. The van der Waals surface area contributed by atoms with Crippen LogP contribution < -0.4 is 10.6 Å². The van der Waals surface area contributed by atoms with E-state index < -0.39 is 48.4 Å². The molecule has 3 rings (SSSR count). The molecule has 214 valence electrons. The van der Waals surface area contributed by atoms with Gasteiger partial charge in [0.1, 0.15) is 17.8 Å². The van der Waals surface area contributed by atoms with Gasteiger partial charge in [-0.2, -0.15) is 0 Å². The number of benzene rings is 2. The van der Waals surface area contributed by atoms with E-state index in [1.807, 2.05) is 24.3 Å². The molecule has 0 radical (unpaired) electrons. The average Bonchev–Trinajstić information content (AvgIpc) is 2.93. The molecule has 1 aliphatic heterocycles. The topological polar surface area (TPSA) is 145 Å². The summed E-state index contributed by atoms with van der Waals surface area (Å²) in [5.41, 5.74) is 2.54. The molecule has 2 aromatic carbocycles. The van der Waals surface area contributed by atoms with Crippen molar-refractivity contribution < 1.29 is 34.1 Å². The minimum Gasteiger partial charge on any atom is -0.508 e. The van der Waals surface area contributed by atoms with Crippen LogP contribution in [0.5, 0.6) is 5.75 Å². The number of esters is 1. The number of nitrogens with one attached hydrogen (secondary N) is 2. The lowest BCUT2D eigenvalue weighted by Crippen LogP contribution is -2.58. The standard InChI is InChI=1S/C30H37N3O7/c1-5-40-26(36)14-13-22-15-20-9-6-7-10-21(20)16-33(22)30(39)24(17-34)31-29(38)27(18(2)3)32-28(37)23-11-8-12-25(35)19(23)4/h6-14,18,22,24,27,34-35H,5,15-17H2,1-4H3,(H,31,38)(H,32,37)/b14-13+/t22-,24+,27+/m1/s1. The molecule has 3 amide bonds. The summed E-state index contributed by atoms with van der Waals surface area (Å²) in [5, 5.41) is 25.4. The van der Waals surface area contributed by atoms with E-state index in [4.69, 9.17) is 4.74 Å². The normalized spacial score (nSPS) is 16.2. The quantitative estimate of drug-likeness (QED) is 0.261. The number of ether oxygens (including phenoxy) is 1. The van der Waals surface area contributed by atoms with Crippen LogP contribution in [0.2, 0.25) is 0 Å². The molecule has 4 N–H and O–H groups in total. The first kappa shape index (κ1) is 30.4. The number of phenols is 1. The zero-order valence-corrected chi connectivity index (χ0v) is 23.2. The average molecular weight is 552 g/mol. The molecule has 0 fully saturated rings. The van der Waals surface area contributed by atoms with Gasteiger partial charge in [0.25, 0.3) is 5.91 Å². The first-order chi connectivity index (χ1) is 19.1. The van der Waals surface area contributed by atoms with Gasteiger partial charge in [-0.15, -0.1) is 0 Å². The van der Waals surface area contributed by atoms with Gasteiger partial charge in [-0.25, -0.2) is 4.79 Å². The Morgan fingerprint density at radius 3 is 2.42 bits per heavy atom. The predicted molar refractivity (Wildman–Crippen MR) is 148 cm³/mol. The first-order valence-electron chi connectivity index (χ1n) is 13.3. The Kier molecular flexibility index (Phi) is 10.4. The highest BCUT2D eigenvalue weighted by Gasteiger charge is 2.35. The molecular formula is C30H37N3O7. The van der Waals surface area contributed by atoms with Crippen LogP contribution in [0.4, 0.5) is 0 Å². The monoisotopic (exact) mass is 551 g/mol. The number of nitrogens with zero attached hydrogens (tertiary/aromatic N) is 1. The van der Waals surface area contributed by atoms with E-state index in [1.54, 1.807) is 33.8 Å². The van der Waals surface area contributed by atoms with Crippen molar-refractivity contribution in [1.29, 1.82) is 0 Å². The number of carbonyl (C=O) groups excluding carboxylic acids is 4. The molecule has 10 heteroatoms. The van der Waals surface area contributed by atoms with Crippen molar-refractivity contribution in [3.8, 4) is 5.75 Å². The second-order valence-electron chi connectivity index (χ2n) is 10.0. The summed E-state index contributed by atoms with van der Waals surface area (Å²) < 4.78 is 4.97. The van der Waals surface area contributed by atoms with Crippen molar-refractivity contribution in [3.63, 3.8) is 0 Å². The van der Waals surface area contributed by atoms with Crippen LogP contribution >= 0.6 is 0 Å². The number of phenolic OH excluding ortho intramolecular Hbond substituents is 1. The van der Waals surface area contributed by atoms with E-state index in [-0.39, 0.29) is 30.4 Å². The van der Waals surface area contributed by atoms with Crippen molar-refractivity contribution in [2.45, 2.75) is 58.8 Å². The number of carbonyl (C=O) groups is 4. The smallest absolute Gasteiger partial charge is 0.330 e. The summed E-state index contributed by atoms with van der Waals surface area (Å²) >= 11 is 0. The molecule has 0 aliphatic carbocycles. The lowest BCUT2D eigenvalue weighted by Gasteiger charge is -2.37. The molecule has 0 saturated heterocycles. The zero-order chi connectivity index (χ0) is 29.4. The molecule has 40 heavy (non-hydrogen) atoms. The van der Waals surface area contributed by atoms with Crippen LogP contribution in [-0.4, -0.2) is 70.1 Å². The number of rotatable bonds is 10. The number of fused-ring (bicyclic) bond motifs is 1. The fourth-order valence-electron chi connectivity index (χ4n) is 4.61. The van der Waals surface area contributed by atoms with Crippen LogP contribution in [0.15, 0.2) is 54.6 Å². The van der Waals surface area contributed by atoms with Crippen molar-refractivity contribution >= 4 is 23.7 Å². The molecule has 0 bridgehead atoms. The number of amides is 3. The second kappa shape index (κ2) is 13.7. The van der Waals surface area contributed by atoms with Gasteiger partial charge in [0.15, 0.2) is 0 Å². The molecule has 1 aliphatic rings. The molecule has 10 nitrogen and oxygen atoms in total. The maximum atomic E-state index is 13.7. The van der Waals surface area contributed by atoms with Crippen LogP contribution in [0.25, 0.3) is 0 Å². The van der Waals surface area contributed by atoms with Crippen LogP contribution in [-0.2, 0) is 32.1 Å². The molecule has 0 aromatic heterocycles. The zero-order valence-electron chi connectivity index (χ0n) is 23.2. The molecule has 0 unspecified atom stereocenters. The highest BCUT2D eigenvalue weighted by Crippen LogP contribution is 2.25. The maximum absolute atomic E-state index is 13.7. The molecule has 0 spiro atoms. The Morgan fingerprint density at radius 2 is 1.77 bits per heavy atom. The van der Waals surface area contributed by atoms with Crippen LogP contribution in [0, 0.1) is 12.8 Å². The first-order valence-corrected chi connectivity index (χ1v) is 13.3. The maximum Gasteiger partial charge on any atom is 0.330 e. The highest BCUT2D eigenvalue weighted by molar-refractivity contribution is 6.00. The minimum absolute atomic E-state index is 0.0428. The van der Waals surface area contributed by atoms with Crippen LogP contribution in [0.3, 0.4) is 0 Å². The number of aliphatic hydroxyl groups is 1. The summed E-state index contributed by atoms with van der Waals surface area (Å²) in [6.07, 6.45) is 3.32. The van der Waals surface area contributed by atoms with Gasteiger partial charge >= 0.3 is 5.97 Å². The predicted octanol–water partition coefficient (Wildman–Crippen LogP) is 2.00. The summed E-state index contributed by atoms with van der Waals surface area (Å²) in [5.74, 6) is -2.63. The van der Waals surface area contributed by atoms with Gasteiger partial charge in [0.05, 0.1) is 19.3 Å². The highest BCUT2D eigenvalue weighted by atomic mass is 16.5. The Morgan fingerprint density at radius 1 is 1.07 bits per heavy atom. The lowest BCUT2D eigenvalue weighted by atomic mass is 9.93. The van der Waals surface area contributed by atoms with Gasteiger partial charge in [-0.3, -0.25) is 14.4 Å². The molecule has 3 atom stereocenters. The Labute approximate surface area is 234 Å². The third-order valence-electron chi connectivity index (χ3n) is 6.90. The molecule has 1 heterocycles. The van der Waals surface area contributed by atoms with Gasteiger partial charge in [-0.1, -0.05) is 50.3 Å². The van der Waals surface area contributed by atoms with E-state index in [0.29, 0.717) is 12.0 Å². The fraction of sp³-hybridized carbons (Fsp3) is 0.400. The van der Waals surface area contributed by atoms with E-state index in [1.165, 1.54) is 29.2 Å².